The summed E-state index contributed by atoms with van der Waals surface area (Å²) in [6.45, 7) is -2.59. The molecule has 0 aliphatic rings. The third kappa shape index (κ3) is 1.44. The Morgan fingerprint density at radius 3 is 3.56 bits per heavy atom. The van der Waals surface area contributed by atoms with Crippen molar-refractivity contribution in [2.45, 2.75) is 6.85 Å². The molecule has 0 unspecified atom stereocenters. The van der Waals surface area contributed by atoms with Gasteiger partial charge in [0.15, 0.2) is 0 Å². The van der Waals surface area contributed by atoms with Crippen molar-refractivity contribution in [2.75, 3.05) is 5.43 Å². The molecule has 0 atom stereocenters. The van der Waals surface area contributed by atoms with E-state index in [0.29, 0.717) is 0 Å². The van der Waals surface area contributed by atoms with Crippen molar-refractivity contribution in [1.29, 1.82) is 0 Å². The Hall–Kier alpha value is -1.02. The molecule has 3 N–H and O–H groups in total. The van der Waals surface area contributed by atoms with Gasteiger partial charge >= 0.3 is 0 Å². The van der Waals surface area contributed by atoms with Crippen molar-refractivity contribution in [3.05, 3.63) is 29.8 Å². The van der Waals surface area contributed by atoms with Gasteiger partial charge < -0.3 is 5.43 Å². The molecule has 1 aromatic carbocycles. The van der Waals surface area contributed by atoms with E-state index < -0.39 is 18.5 Å². The summed E-state index contributed by atoms with van der Waals surface area (Å²) in [4.78, 5) is 0. The molecule has 0 heterocycles. The van der Waals surface area contributed by atoms with Crippen molar-refractivity contribution < 1.29 is 9.64 Å². The smallest absolute Gasteiger partial charge is 0.143 e. The van der Waals surface area contributed by atoms with Crippen LogP contribution in [0.2, 0.25) is 1.41 Å². The van der Waals surface area contributed by atoms with Crippen LogP contribution < -0.4 is 11.3 Å². The maximum Gasteiger partial charge on any atom is 0.143 e. The molecule has 0 aliphatic carbocycles. The van der Waals surface area contributed by atoms with Crippen molar-refractivity contribution in [2.24, 2.45) is 5.84 Å². The van der Waals surface area contributed by atoms with Crippen LogP contribution in [0.25, 0.3) is 0 Å². The second-order valence-corrected chi connectivity index (χ2v) is 1.45. The number of rotatable bonds is 2. The highest BCUT2D eigenvalue weighted by molar-refractivity contribution is 5.42. The van der Waals surface area contributed by atoms with Crippen molar-refractivity contribution in [1.82, 2.24) is 0 Å². The maximum atomic E-state index is 7.51. The first-order chi connectivity index (χ1) is 7.29. The predicted molar refractivity (Wildman–Crippen MR) is 39.0 cm³/mol. The Balaban J connectivity index is 3.40. The van der Waals surface area contributed by atoms with Crippen LogP contribution in [-0.2, 0) is 0 Å². The van der Waals surface area contributed by atoms with Crippen molar-refractivity contribution in [3.63, 3.8) is 0 Å². The van der Waals surface area contributed by atoms with E-state index in [9.17, 15) is 0 Å². The number of nitrogen functional groups attached to an aromatic ring is 1. The van der Waals surface area contributed by atoms with E-state index in [1.54, 1.807) is 0 Å². The second kappa shape index (κ2) is 2.51. The Kier molecular flexibility index (Phi) is 0.482. The Morgan fingerprint density at radius 2 is 2.78 bits per heavy atom. The van der Waals surface area contributed by atoms with Gasteiger partial charge in [0.25, 0.3) is 0 Å². The van der Waals surface area contributed by atoms with Crippen molar-refractivity contribution in [3.8, 4) is 0 Å². The van der Waals surface area contributed by atoms with Gasteiger partial charge in [-0.3, -0.25) is 5.84 Å². The van der Waals surface area contributed by atoms with E-state index in [0.717, 1.165) is 6.07 Å². The summed E-state index contributed by atoms with van der Waals surface area (Å²) >= 11 is 0. The molecular formula is C7H10N2. The molecule has 0 spiro atoms. The molecule has 1 aromatic rings. The van der Waals surface area contributed by atoms with Gasteiger partial charge in [-0.15, -0.1) is 0 Å². The maximum absolute atomic E-state index is 7.51. The third-order valence-electron chi connectivity index (χ3n) is 0.818. The van der Waals surface area contributed by atoms with E-state index in [4.69, 9.17) is 9.64 Å². The van der Waals surface area contributed by atoms with Gasteiger partial charge in [0.2, 0.25) is 0 Å². The number of benzene rings is 1. The van der Waals surface area contributed by atoms with Crippen LogP contribution in [0.4, 0.5) is 5.69 Å². The van der Waals surface area contributed by atoms with Gasteiger partial charge in [0.1, 0.15) is 1.41 Å². The fraction of sp³-hybridized carbons (Fsp3) is 0.143. The molecule has 0 saturated carbocycles. The van der Waals surface area contributed by atoms with Gasteiger partial charge in [0, 0.05) is 9.80 Å². The summed E-state index contributed by atoms with van der Waals surface area (Å²) in [5.41, 5.74) is 1.82. The van der Waals surface area contributed by atoms with Crippen LogP contribution in [0.1, 0.15) is 13.8 Å². The average molecular weight is 129 g/mol. The summed E-state index contributed by atoms with van der Waals surface area (Å²) < 4.78 is 50.7. The first-order valence-electron chi connectivity index (χ1n) is 5.83. The lowest BCUT2D eigenvalue weighted by atomic mass is 10.2. The molecule has 2 heteroatoms. The fourth-order valence-corrected chi connectivity index (χ4v) is 0.414. The first kappa shape index (κ1) is 1.73. The van der Waals surface area contributed by atoms with Crippen LogP contribution in [-0.4, -0.2) is 0 Å². The van der Waals surface area contributed by atoms with Gasteiger partial charge in [-0.05, 0) is 19.0 Å². The van der Waals surface area contributed by atoms with Gasteiger partial charge in [-0.25, -0.2) is 0 Å². The number of nitrogens with two attached hydrogens (primary N) is 1. The molecule has 0 fully saturated rings. The number of nitrogens with one attached hydrogen (secondary N) is 1. The minimum absolute atomic E-state index is 0.0259. The SMILES string of the molecule is [2H]NNc1cc([2H])c(C([2H])([2H])[2H])c([2H])c1[2H]. The topological polar surface area (TPSA) is 38.0 Å². The van der Waals surface area contributed by atoms with Gasteiger partial charge in [-0.1, -0.05) is 17.6 Å². The minimum Gasteiger partial charge on any atom is -0.324 e. The zero-order valence-electron chi connectivity index (χ0n) is 11.6. The zero-order chi connectivity index (χ0) is 12.5. The standard InChI is InChI=1S/C7H10N2/c1-6-2-4-7(9-8)5-3-6/h2-5,9H,8H2,1H3/i1D3,2D,3D,4D/hD. The van der Waals surface area contributed by atoms with Crippen LogP contribution in [0.5, 0.6) is 0 Å². The molecule has 48 valence electrons. The number of hydrogen-bond donors (Lipinski definition) is 2. The molecule has 0 bridgehead atoms. The highest BCUT2D eigenvalue weighted by Gasteiger charge is 1.84. The fourth-order valence-electron chi connectivity index (χ4n) is 0.414. The average Bonchev–Trinajstić information content (AvgIpc) is 2.12. The summed E-state index contributed by atoms with van der Waals surface area (Å²) in [6.07, 6.45) is 0. The van der Waals surface area contributed by atoms with E-state index in [-0.39, 0.29) is 17.8 Å². The van der Waals surface area contributed by atoms with Crippen molar-refractivity contribution >= 4 is 5.69 Å². The summed E-state index contributed by atoms with van der Waals surface area (Å²) in [6, 6.07) is -0.130. The lowest BCUT2D eigenvalue weighted by Gasteiger charge is -1.97. The summed E-state index contributed by atoms with van der Waals surface area (Å²) in [5, 5.41) is 0. The second-order valence-electron chi connectivity index (χ2n) is 1.45. The van der Waals surface area contributed by atoms with E-state index in [1.165, 1.54) is 0 Å². The van der Waals surface area contributed by atoms with Gasteiger partial charge in [0.05, 0.1) is 4.11 Å². The van der Waals surface area contributed by atoms with Crippen LogP contribution >= 0.6 is 0 Å². The van der Waals surface area contributed by atoms with Gasteiger partial charge in [-0.2, -0.15) is 0 Å². The highest BCUT2D eigenvalue weighted by atomic mass is 15.2. The van der Waals surface area contributed by atoms with Crippen LogP contribution in [0.3, 0.4) is 0 Å². The molecule has 0 aromatic heterocycles. The number of anilines is 1. The van der Waals surface area contributed by atoms with E-state index in [1.807, 2.05) is 5.84 Å². The Labute approximate surface area is 64.5 Å². The normalized spacial score (nSPS) is 21.6. The molecule has 1 rings (SSSR count). The quantitative estimate of drug-likeness (QED) is 0.466. The summed E-state index contributed by atoms with van der Waals surface area (Å²) in [7, 11) is 0. The third-order valence-corrected chi connectivity index (χ3v) is 0.818. The van der Waals surface area contributed by atoms with E-state index >= 15 is 0 Å². The Bertz CT molecular complexity index is 401. The molecule has 0 aliphatic heterocycles. The molecule has 0 radical (unpaired) electrons. The molecule has 9 heavy (non-hydrogen) atoms. The molecule has 0 amide bonds. The monoisotopic (exact) mass is 129 g/mol. The first-order valence-corrected chi connectivity index (χ1v) is 2.33. The van der Waals surface area contributed by atoms with Crippen LogP contribution in [0, 0.1) is 6.85 Å². The number of hydrazine groups is 1. The molecular weight excluding hydrogens is 112 g/mol. The zero-order valence-corrected chi connectivity index (χ0v) is 4.58. The van der Waals surface area contributed by atoms with E-state index in [2.05, 4.69) is 5.43 Å². The summed E-state index contributed by atoms with van der Waals surface area (Å²) in [5.74, 6) is 1.81. The highest BCUT2D eigenvalue weighted by Crippen LogP contribution is 2.05. The van der Waals surface area contributed by atoms with Crippen LogP contribution in [0.15, 0.2) is 24.2 Å². The predicted octanol–water partition coefficient (Wildman–Crippen LogP) is 1.28. The molecule has 0 saturated heterocycles. The lowest BCUT2D eigenvalue weighted by molar-refractivity contribution is 1.34. The molecule has 2 nitrogen and oxygen atoms in total. The number of hydrogen-bond acceptors (Lipinski definition) is 2. The largest absolute Gasteiger partial charge is 0.324 e. The minimum atomic E-state index is -2.59. The Morgan fingerprint density at radius 1 is 1.78 bits per heavy atom. The lowest BCUT2D eigenvalue weighted by Crippen LogP contribution is -2.05.